The van der Waals surface area contributed by atoms with Crippen LogP contribution in [0.2, 0.25) is 0 Å². The molecule has 0 aliphatic rings. The van der Waals surface area contributed by atoms with E-state index in [4.69, 9.17) is 4.52 Å². The van der Waals surface area contributed by atoms with Crippen LogP contribution in [0.15, 0.2) is 45.1 Å². The molecule has 0 aliphatic carbocycles. The van der Waals surface area contributed by atoms with Gasteiger partial charge in [-0.05, 0) is 24.3 Å². The zero-order valence-corrected chi connectivity index (χ0v) is 14.7. The molecular weight excluding hydrogens is 390 g/mol. The number of carbonyl (C=O) groups is 1. The molecule has 11 heteroatoms. The van der Waals surface area contributed by atoms with Gasteiger partial charge in [-0.15, -0.1) is 11.3 Å². The van der Waals surface area contributed by atoms with Crippen LogP contribution < -0.4 is 4.72 Å². The van der Waals surface area contributed by atoms with E-state index in [-0.39, 0.29) is 21.4 Å². The van der Waals surface area contributed by atoms with Crippen molar-refractivity contribution in [3.63, 3.8) is 0 Å². The first kappa shape index (κ1) is 18.0. The summed E-state index contributed by atoms with van der Waals surface area (Å²) in [5, 5.41) is 3.53. The lowest BCUT2D eigenvalue weighted by atomic mass is 10.3. The fraction of sp³-hybridized carbons (Fsp3) is 0.0667. The zero-order chi connectivity index (χ0) is 18.9. The number of benzene rings is 1. The van der Waals surface area contributed by atoms with Crippen LogP contribution in [0.1, 0.15) is 10.5 Å². The first-order chi connectivity index (χ1) is 12.3. The van der Waals surface area contributed by atoms with Crippen molar-refractivity contribution >= 4 is 33.0 Å². The lowest BCUT2D eigenvalue weighted by molar-refractivity contribution is 0.0589. The molecule has 0 spiro atoms. The van der Waals surface area contributed by atoms with Gasteiger partial charge in [-0.2, -0.15) is 0 Å². The zero-order valence-electron chi connectivity index (χ0n) is 13.0. The number of methoxy groups -OCH3 is 1. The summed E-state index contributed by atoms with van der Waals surface area (Å²) in [5.74, 6) is -2.39. The van der Waals surface area contributed by atoms with Gasteiger partial charge in [-0.3, -0.25) is 4.72 Å². The summed E-state index contributed by atoms with van der Waals surface area (Å²) >= 11 is 0.821. The van der Waals surface area contributed by atoms with Crippen molar-refractivity contribution in [2.45, 2.75) is 4.21 Å². The topological polar surface area (TPSA) is 98.5 Å². The van der Waals surface area contributed by atoms with Gasteiger partial charge in [-0.1, -0.05) is 5.16 Å². The number of nitrogens with one attached hydrogen (secondary N) is 1. The van der Waals surface area contributed by atoms with Crippen LogP contribution in [0.3, 0.4) is 0 Å². The number of carbonyl (C=O) groups excluding carboxylic acids is 1. The minimum Gasteiger partial charge on any atom is -0.464 e. The van der Waals surface area contributed by atoms with E-state index < -0.39 is 27.6 Å². The van der Waals surface area contributed by atoms with Crippen LogP contribution in [-0.2, 0) is 14.8 Å². The monoisotopic (exact) mass is 400 g/mol. The van der Waals surface area contributed by atoms with Gasteiger partial charge in [0.2, 0.25) is 0 Å². The maximum absolute atomic E-state index is 13.6. The molecule has 0 unspecified atom stereocenters. The highest BCUT2D eigenvalue weighted by Gasteiger charge is 2.21. The van der Waals surface area contributed by atoms with Crippen LogP contribution in [0, 0.1) is 11.6 Å². The van der Waals surface area contributed by atoms with Gasteiger partial charge in [0.05, 0.1) is 17.7 Å². The molecule has 2 aromatic heterocycles. The Labute approximate surface area is 150 Å². The molecule has 0 bridgehead atoms. The van der Waals surface area contributed by atoms with Crippen molar-refractivity contribution in [3.8, 4) is 10.6 Å². The SMILES string of the molecule is COC(=O)c1cc(-c2ccc(S(=O)(=O)Nc3ccc(F)cc3F)s2)on1. The Balaban J connectivity index is 1.86. The van der Waals surface area contributed by atoms with Crippen molar-refractivity contribution in [2.24, 2.45) is 0 Å². The number of esters is 1. The van der Waals surface area contributed by atoms with Crippen molar-refractivity contribution in [1.29, 1.82) is 0 Å². The fourth-order valence-electron chi connectivity index (χ4n) is 1.96. The van der Waals surface area contributed by atoms with E-state index in [1.165, 1.54) is 25.3 Å². The van der Waals surface area contributed by atoms with Crippen LogP contribution in [0.25, 0.3) is 10.6 Å². The first-order valence-electron chi connectivity index (χ1n) is 6.93. The van der Waals surface area contributed by atoms with E-state index in [1.807, 2.05) is 4.72 Å². The minimum absolute atomic E-state index is 0.0631. The predicted octanol–water partition coefficient (Wildman–Crippen LogP) is 3.27. The molecule has 0 saturated heterocycles. The van der Waals surface area contributed by atoms with Crippen molar-refractivity contribution < 1.29 is 31.3 Å². The maximum atomic E-state index is 13.6. The molecular formula is C15H10F2N2O5S2. The average Bonchev–Trinajstić information content (AvgIpc) is 3.25. The Hall–Kier alpha value is -2.79. The van der Waals surface area contributed by atoms with Crippen molar-refractivity contribution in [1.82, 2.24) is 5.16 Å². The van der Waals surface area contributed by atoms with E-state index in [2.05, 4.69) is 9.89 Å². The molecule has 1 aromatic carbocycles. The van der Waals surface area contributed by atoms with Gasteiger partial charge in [0, 0.05) is 12.1 Å². The van der Waals surface area contributed by atoms with Crippen LogP contribution in [-0.4, -0.2) is 26.7 Å². The number of aromatic nitrogens is 1. The quantitative estimate of drug-likeness (QED) is 0.660. The Kier molecular flexibility index (Phi) is 4.74. The smallest absolute Gasteiger partial charge is 0.360 e. The molecule has 26 heavy (non-hydrogen) atoms. The largest absolute Gasteiger partial charge is 0.464 e. The molecule has 3 rings (SSSR count). The van der Waals surface area contributed by atoms with E-state index in [9.17, 15) is 22.0 Å². The second kappa shape index (κ2) is 6.84. The van der Waals surface area contributed by atoms with E-state index in [0.717, 1.165) is 23.5 Å². The first-order valence-corrected chi connectivity index (χ1v) is 9.23. The third kappa shape index (κ3) is 3.58. The number of sulfonamides is 1. The summed E-state index contributed by atoms with van der Waals surface area (Å²) in [6, 6.07) is 6.52. The molecule has 2 heterocycles. The molecule has 3 aromatic rings. The lowest BCUT2D eigenvalue weighted by Crippen LogP contribution is -2.12. The van der Waals surface area contributed by atoms with Gasteiger partial charge >= 0.3 is 5.97 Å². The summed E-state index contributed by atoms with van der Waals surface area (Å²) < 4.78 is 62.7. The van der Waals surface area contributed by atoms with Gasteiger partial charge in [0.15, 0.2) is 11.5 Å². The number of thiophene rings is 1. The van der Waals surface area contributed by atoms with Crippen molar-refractivity contribution in [2.75, 3.05) is 11.8 Å². The Morgan fingerprint density at radius 3 is 2.69 bits per heavy atom. The Bertz CT molecular complexity index is 1080. The third-order valence-electron chi connectivity index (χ3n) is 3.17. The second-order valence-electron chi connectivity index (χ2n) is 4.92. The van der Waals surface area contributed by atoms with E-state index in [0.29, 0.717) is 10.9 Å². The molecule has 1 N–H and O–H groups in total. The van der Waals surface area contributed by atoms with Gasteiger partial charge in [-0.25, -0.2) is 22.0 Å². The summed E-state index contributed by atoms with van der Waals surface area (Å²) in [5.41, 5.74) is -0.444. The van der Waals surface area contributed by atoms with Crippen LogP contribution in [0.5, 0.6) is 0 Å². The molecule has 0 amide bonds. The number of ether oxygens (including phenoxy) is 1. The Morgan fingerprint density at radius 1 is 1.23 bits per heavy atom. The van der Waals surface area contributed by atoms with Gasteiger partial charge in [0.25, 0.3) is 10.0 Å². The maximum Gasteiger partial charge on any atom is 0.360 e. The third-order valence-corrected chi connectivity index (χ3v) is 6.13. The molecule has 0 radical (unpaired) electrons. The van der Waals surface area contributed by atoms with E-state index in [1.54, 1.807) is 0 Å². The standard InChI is InChI=1S/C15H10F2N2O5S2/c1-23-15(20)11-7-12(24-18-11)13-4-5-14(25-13)26(21,22)19-10-3-2-8(16)6-9(10)17/h2-7,19H,1H3. The second-order valence-corrected chi connectivity index (χ2v) is 7.91. The molecule has 0 aliphatic heterocycles. The number of anilines is 1. The van der Waals surface area contributed by atoms with Crippen LogP contribution >= 0.6 is 11.3 Å². The van der Waals surface area contributed by atoms with E-state index >= 15 is 0 Å². The van der Waals surface area contributed by atoms with Crippen LogP contribution in [0.4, 0.5) is 14.5 Å². The number of nitrogens with zero attached hydrogens (tertiary/aromatic N) is 1. The molecule has 0 atom stereocenters. The summed E-state index contributed by atoms with van der Waals surface area (Å²) in [6.45, 7) is 0. The predicted molar refractivity (Wildman–Crippen MR) is 88.3 cm³/mol. The minimum atomic E-state index is -4.10. The number of rotatable bonds is 5. The van der Waals surface area contributed by atoms with Crippen molar-refractivity contribution in [3.05, 3.63) is 53.7 Å². The summed E-state index contributed by atoms with van der Waals surface area (Å²) in [4.78, 5) is 11.8. The summed E-state index contributed by atoms with van der Waals surface area (Å²) in [6.07, 6.45) is 0. The summed E-state index contributed by atoms with van der Waals surface area (Å²) in [7, 11) is -2.91. The van der Waals surface area contributed by atoms with Gasteiger partial charge in [0.1, 0.15) is 15.8 Å². The molecule has 7 nitrogen and oxygen atoms in total. The molecule has 0 saturated carbocycles. The Morgan fingerprint density at radius 2 is 2.00 bits per heavy atom. The highest BCUT2D eigenvalue weighted by Crippen LogP contribution is 2.32. The number of halogens is 2. The lowest BCUT2D eigenvalue weighted by Gasteiger charge is -2.07. The molecule has 136 valence electrons. The average molecular weight is 400 g/mol. The fourth-order valence-corrected chi connectivity index (χ4v) is 4.28. The highest BCUT2D eigenvalue weighted by atomic mass is 32.2. The highest BCUT2D eigenvalue weighted by molar-refractivity contribution is 7.94. The van der Waals surface area contributed by atoms with Gasteiger partial charge < -0.3 is 9.26 Å². The normalized spacial score (nSPS) is 11.3. The number of hydrogen-bond donors (Lipinski definition) is 1. The number of hydrogen-bond acceptors (Lipinski definition) is 7. The molecule has 0 fully saturated rings.